The Morgan fingerprint density at radius 3 is 2.69 bits per heavy atom. The van der Waals surface area contributed by atoms with Crippen LogP contribution in [-0.4, -0.2) is 10.8 Å². The van der Waals surface area contributed by atoms with Crippen LogP contribution in [0.3, 0.4) is 0 Å². The first-order valence-corrected chi connectivity index (χ1v) is 9.95. The zero-order valence-electron chi connectivity index (χ0n) is 14.4. The van der Waals surface area contributed by atoms with Crippen molar-refractivity contribution in [2.45, 2.75) is 31.0 Å². The lowest BCUT2D eigenvalue weighted by Gasteiger charge is -2.12. The zero-order valence-corrected chi connectivity index (χ0v) is 16.8. The van der Waals surface area contributed by atoms with Gasteiger partial charge in [0.25, 0.3) is 0 Å². The fourth-order valence-electron chi connectivity index (χ4n) is 2.91. The summed E-state index contributed by atoms with van der Waals surface area (Å²) in [5.74, 6) is -0.140. The molecule has 0 atom stereocenters. The van der Waals surface area contributed by atoms with Crippen LogP contribution in [0.5, 0.6) is 0 Å². The molecule has 0 aliphatic rings. The molecule has 0 amide bonds. The van der Waals surface area contributed by atoms with E-state index in [9.17, 15) is 14.0 Å². The van der Waals surface area contributed by atoms with Crippen LogP contribution in [0.25, 0.3) is 10.9 Å². The van der Waals surface area contributed by atoms with Crippen LogP contribution >= 0.6 is 27.7 Å². The molecule has 0 aliphatic heterocycles. The third kappa shape index (κ3) is 3.62. The van der Waals surface area contributed by atoms with Gasteiger partial charge in [-0.3, -0.25) is 9.59 Å². The summed E-state index contributed by atoms with van der Waals surface area (Å²) >= 11 is 4.81. The Bertz CT molecular complexity index is 1060. The van der Waals surface area contributed by atoms with Gasteiger partial charge in [0.05, 0.1) is 21.5 Å². The minimum absolute atomic E-state index is 0.159. The number of H-pyrrole nitrogens is 1. The van der Waals surface area contributed by atoms with Gasteiger partial charge < -0.3 is 4.98 Å². The van der Waals surface area contributed by atoms with Gasteiger partial charge in [-0.1, -0.05) is 25.1 Å². The van der Waals surface area contributed by atoms with Gasteiger partial charge in [0.15, 0.2) is 5.78 Å². The number of ketones is 1. The quantitative estimate of drug-likeness (QED) is 0.427. The molecular formula is C20H17BrFNO2S. The molecule has 134 valence electrons. The number of halogens is 2. The number of nitrogens with one attached hydrogen (secondary N) is 1. The van der Waals surface area contributed by atoms with Gasteiger partial charge in [0, 0.05) is 10.2 Å². The topological polar surface area (TPSA) is 49.9 Å². The van der Waals surface area contributed by atoms with Gasteiger partial charge in [-0.25, -0.2) is 4.39 Å². The second kappa shape index (κ2) is 7.76. The number of pyridine rings is 1. The molecule has 1 N–H and O–H groups in total. The SMILES string of the molecule is CCc1ccc(Br)c2[nH]c(SCc3cccc(F)c3)c(C(C)=O)c(=O)c12. The average Bonchev–Trinajstić information content (AvgIpc) is 2.60. The zero-order chi connectivity index (χ0) is 18.8. The van der Waals surface area contributed by atoms with E-state index in [2.05, 4.69) is 20.9 Å². The molecule has 0 bridgehead atoms. The van der Waals surface area contributed by atoms with Crippen molar-refractivity contribution in [3.63, 3.8) is 0 Å². The van der Waals surface area contributed by atoms with Gasteiger partial charge in [0.1, 0.15) is 5.82 Å². The number of fused-ring (bicyclic) bond motifs is 1. The normalized spacial score (nSPS) is 11.1. The van der Waals surface area contributed by atoms with Gasteiger partial charge in [-0.2, -0.15) is 0 Å². The summed E-state index contributed by atoms with van der Waals surface area (Å²) < 4.78 is 14.1. The van der Waals surface area contributed by atoms with E-state index in [-0.39, 0.29) is 22.6 Å². The van der Waals surface area contributed by atoms with E-state index < -0.39 is 0 Å². The minimum Gasteiger partial charge on any atom is -0.348 e. The van der Waals surface area contributed by atoms with Crippen molar-refractivity contribution < 1.29 is 9.18 Å². The van der Waals surface area contributed by atoms with E-state index in [1.165, 1.54) is 30.8 Å². The van der Waals surface area contributed by atoms with Crippen molar-refractivity contribution in [1.29, 1.82) is 0 Å². The Morgan fingerprint density at radius 1 is 1.27 bits per heavy atom. The lowest BCUT2D eigenvalue weighted by molar-refractivity contribution is 0.101. The van der Waals surface area contributed by atoms with Crippen molar-refractivity contribution >= 4 is 44.4 Å². The van der Waals surface area contributed by atoms with E-state index in [4.69, 9.17) is 0 Å². The average molecular weight is 434 g/mol. The molecular weight excluding hydrogens is 417 g/mol. The van der Waals surface area contributed by atoms with Crippen molar-refractivity contribution in [1.82, 2.24) is 4.98 Å². The maximum atomic E-state index is 13.4. The summed E-state index contributed by atoms with van der Waals surface area (Å²) in [6.07, 6.45) is 0.694. The molecule has 1 aromatic heterocycles. The molecule has 0 unspecified atom stereocenters. The number of rotatable bonds is 5. The minimum atomic E-state index is -0.308. The highest BCUT2D eigenvalue weighted by molar-refractivity contribution is 9.10. The van der Waals surface area contributed by atoms with Crippen molar-refractivity contribution in [3.05, 3.63) is 73.6 Å². The Labute approximate surface area is 163 Å². The summed E-state index contributed by atoms with van der Waals surface area (Å²) in [5.41, 5.74) is 2.26. The monoisotopic (exact) mass is 433 g/mol. The number of aryl methyl sites for hydroxylation is 1. The van der Waals surface area contributed by atoms with E-state index in [1.807, 2.05) is 25.1 Å². The van der Waals surface area contributed by atoms with Gasteiger partial charge in [-0.15, -0.1) is 11.8 Å². The Morgan fingerprint density at radius 2 is 2.04 bits per heavy atom. The van der Waals surface area contributed by atoms with Gasteiger partial charge >= 0.3 is 0 Å². The summed E-state index contributed by atoms with van der Waals surface area (Å²) in [5, 5.41) is 1.05. The highest BCUT2D eigenvalue weighted by atomic mass is 79.9. The third-order valence-corrected chi connectivity index (χ3v) is 5.90. The molecule has 0 spiro atoms. The molecule has 26 heavy (non-hydrogen) atoms. The first-order chi connectivity index (χ1) is 12.4. The van der Waals surface area contributed by atoms with E-state index in [0.29, 0.717) is 28.1 Å². The summed E-state index contributed by atoms with van der Waals surface area (Å²) in [7, 11) is 0. The fraction of sp³-hybridized carbons (Fsp3) is 0.200. The number of benzene rings is 2. The van der Waals surface area contributed by atoms with Crippen LogP contribution < -0.4 is 5.43 Å². The van der Waals surface area contributed by atoms with E-state index in [0.717, 1.165) is 15.6 Å². The number of carbonyl (C=O) groups is 1. The molecule has 0 radical (unpaired) electrons. The molecule has 0 saturated carbocycles. The molecule has 3 aromatic rings. The maximum Gasteiger partial charge on any atom is 0.201 e. The Hall–Kier alpha value is -1.92. The molecule has 6 heteroatoms. The van der Waals surface area contributed by atoms with E-state index >= 15 is 0 Å². The first kappa shape index (κ1) is 18.9. The van der Waals surface area contributed by atoms with Crippen LogP contribution in [0.2, 0.25) is 0 Å². The predicted molar refractivity (Wildman–Crippen MR) is 108 cm³/mol. The smallest absolute Gasteiger partial charge is 0.201 e. The second-order valence-corrected chi connectivity index (χ2v) is 7.78. The predicted octanol–water partition coefficient (Wildman–Crippen LogP) is 5.49. The number of hydrogen-bond acceptors (Lipinski definition) is 3. The Kier molecular flexibility index (Phi) is 5.63. The van der Waals surface area contributed by atoms with E-state index in [1.54, 1.807) is 6.07 Å². The largest absolute Gasteiger partial charge is 0.348 e. The van der Waals surface area contributed by atoms with Crippen LogP contribution in [0, 0.1) is 5.82 Å². The number of aromatic nitrogens is 1. The van der Waals surface area contributed by atoms with Crippen molar-refractivity contribution in [3.8, 4) is 0 Å². The van der Waals surface area contributed by atoms with Crippen LogP contribution in [-0.2, 0) is 12.2 Å². The second-order valence-electron chi connectivity index (χ2n) is 5.94. The third-order valence-electron chi connectivity index (χ3n) is 4.17. The molecule has 3 rings (SSSR count). The van der Waals surface area contributed by atoms with Gasteiger partial charge in [0.2, 0.25) is 5.43 Å². The molecule has 2 aromatic carbocycles. The molecule has 0 aliphatic carbocycles. The standard InChI is InChI=1S/C20H17BrFNO2S/c1-3-13-7-8-15(21)18-17(13)19(25)16(11(2)24)20(23-18)26-10-12-5-4-6-14(22)9-12/h4-9H,3,10H2,1-2H3,(H,23,25). The molecule has 1 heterocycles. The highest BCUT2D eigenvalue weighted by Crippen LogP contribution is 2.30. The summed E-state index contributed by atoms with van der Waals surface area (Å²) in [6, 6.07) is 10.1. The molecule has 0 saturated heterocycles. The molecule has 0 fully saturated rings. The maximum absolute atomic E-state index is 13.4. The number of carbonyl (C=O) groups excluding carboxylic acids is 1. The van der Waals surface area contributed by atoms with Gasteiger partial charge in [-0.05, 0) is 58.6 Å². The summed E-state index contributed by atoms with van der Waals surface area (Å²) in [4.78, 5) is 28.5. The van der Waals surface area contributed by atoms with Crippen LogP contribution in [0.4, 0.5) is 4.39 Å². The molecule has 3 nitrogen and oxygen atoms in total. The number of hydrogen-bond donors (Lipinski definition) is 1. The number of thioether (sulfide) groups is 1. The van der Waals surface area contributed by atoms with Crippen molar-refractivity contribution in [2.24, 2.45) is 0 Å². The fourth-order valence-corrected chi connectivity index (χ4v) is 4.39. The van der Waals surface area contributed by atoms with Crippen LogP contribution in [0.15, 0.2) is 50.7 Å². The Balaban J connectivity index is 2.15. The van der Waals surface area contributed by atoms with Crippen LogP contribution in [0.1, 0.15) is 35.3 Å². The lowest BCUT2D eigenvalue weighted by atomic mass is 10.0. The van der Waals surface area contributed by atoms with Crippen molar-refractivity contribution in [2.75, 3.05) is 0 Å². The number of Topliss-reactive ketones (excluding diaryl/α,β-unsaturated/α-hetero) is 1. The lowest BCUT2D eigenvalue weighted by Crippen LogP contribution is -2.18. The summed E-state index contributed by atoms with van der Waals surface area (Å²) in [6.45, 7) is 3.37. The first-order valence-electron chi connectivity index (χ1n) is 8.18. The highest BCUT2D eigenvalue weighted by Gasteiger charge is 2.19. The number of aromatic amines is 1.